The minimum Gasteiger partial charge on any atom is -0.481 e. The molecule has 4 nitrogen and oxygen atoms in total. The van der Waals surface area contributed by atoms with Crippen molar-refractivity contribution in [1.29, 1.82) is 0 Å². The van der Waals surface area contributed by atoms with Gasteiger partial charge in [0.1, 0.15) is 0 Å². The number of rotatable bonds is 35. The Morgan fingerprint density at radius 3 is 1.07 bits per heavy atom. The third-order valence-electron chi connectivity index (χ3n) is 8.82. The molecule has 4 heteroatoms. The van der Waals surface area contributed by atoms with Crippen LogP contribution in [0.15, 0.2) is 0 Å². The van der Waals surface area contributed by atoms with Gasteiger partial charge in [0.2, 0.25) is 0 Å². The highest BCUT2D eigenvalue weighted by Crippen LogP contribution is 2.16. The van der Waals surface area contributed by atoms with Crippen LogP contribution in [0.25, 0.3) is 0 Å². The van der Waals surface area contributed by atoms with E-state index in [4.69, 9.17) is 9.84 Å². The predicted molar refractivity (Wildman–Crippen MR) is 181 cm³/mol. The van der Waals surface area contributed by atoms with Gasteiger partial charge in [0.05, 0.1) is 6.10 Å². The summed E-state index contributed by atoms with van der Waals surface area (Å²) >= 11 is 0. The van der Waals surface area contributed by atoms with Gasteiger partial charge in [-0.1, -0.05) is 180 Å². The van der Waals surface area contributed by atoms with Crippen LogP contribution in [0.3, 0.4) is 0 Å². The average molecular weight is 595 g/mol. The van der Waals surface area contributed by atoms with E-state index in [2.05, 4.69) is 13.8 Å². The molecular weight excluding hydrogens is 520 g/mol. The fourth-order valence-electron chi connectivity index (χ4n) is 5.99. The molecule has 0 rings (SSSR count). The maximum atomic E-state index is 12.1. The fraction of sp³-hybridized carbons (Fsp3) is 0.947. The molecule has 1 N–H and O–H groups in total. The lowest BCUT2D eigenvalue weighted by molar-refractivity contribution is -0.148. The Bertz CT molecular complexity index is 561. The summed E-state index contributed by atoms with van der Waals surface area (Å²) in [6.07, 6.45) is 41.1. The van der Waals surface area contributed by atoms with E-state index in [1.54, 1.807) is 0 Å². The molecule has 0 saturated carbocycles. The number of esters is 1. The summed E-state index contributed by atoms with van der Waals surface area (Å²) in [6, 6.07) is 0. The van der Waals surface area contributed by atoms with Crippen LogP contribution < -0.4 is 0 Å². The van der Waals surface area contributed by atoms with Crippen LogP contribution in [0.1, 0.15) is 226 Å². The van der Waals surface area contributed by atoms with Gasteiger partial charge in [0.25, 0.3) is 0 Å². The number of carbonyl (C=O) groups is 2. The van der Waals surface area contributed by atoms with Gasteiger partial charge in [-0.15, -0.1) is 0 Å². The highest BCUT2D eigenvalue weighted by atomic mass is 16.5. The Morgan fingerprint density at radius 2 is 0.738 bits per heavy atom. The van der Waals surface area contributed by atoms with Crippen molar-refractivity contribution in [2.24, 2.45) is 0 Å². The second kappa shape index (κ2) is 34.4. The fourth-order valence-corrected chi connectivity index (χ4v) is 5.99. The van der Waals surface area contributed by atoms with Crippen LogP contribution in [0.5, 0.6) is 0 Å². The van der Waals surface area contributed by atoms with Gasteiger partial charge in [0, 0.05) is 12.8 Å². The van der Waals surface area contributed by atoms with Gasteiger partial charge < -0.3 is 9.84 Å². The first-order valence-electron chi connectivity index (χ1n) is 19.0. The average Bonchev–Trinajstić information content (AvgIpc) is 2.96. The first-order valence-corrected chi connectivity index (χ1v) is 19.0. The normalized spacial score (nSPS) is 12.0. The number of carboxylic acids is 1. The minimum absolute atomic E-state index is 0.00735. The van der Waals surface area contributed by atoms with Crippen molar-refractivity contribution >= 4 is 11.9 Å². The Morgan fingerprint density at radius 1 is 0.452 bits per heavy atom. The molecule has 0 aliphatic heterocycles. The van der Waals surface area contributed by atoms with Gasteiger partial charge in [0.15, 0.2) is 0 Å². The van der Waals surface area contributed by atoms with Crippen molar-refractivity contribution in [2.75, 3.05) is 0 Å². The molecule has 0 radical (unpaired) electrons. The highest BCUT2D eigenvalue weighted by Gasteiger charge is 2.09. The Balaban J connectivity index is 3.27. The Kier molecular flexibility index (Phi) is 33.6. The highest BCUT2D eigenvalue weighted by molar-refractivity contribution is 5.69. The maximum Gasteiger partial charge on any atom is 0.306 e. The largest absolute Gasteiger partial charge is 0.481 e. The number of unbranched alkanes of at least 4 members (excludes halogenated alkanes) is 28. The van der Waals surface area contributed by atoms with E-state index in [0.29, 0.717) is 12.8 Å². The standard InChI is InChI=1S/C38H74O4/c1-3-4-5-6-7-8-9-10-12-17-20-23-26-29-32-35-38(41)42-36(2)33-30-27-24-21-18-15-13-11-14-16-19-22-25-28-31-34-37(39)40/h36H,3-35H2,1-2H3,(H,39,40). The Hall–Kier alpha value is -1.06. The molecule has 0 spiro atoms. The van der Waals surface area contributed by atoms with Crippen molar-refractivity contribution in [3.05, 3.63) is 0 Å². The van der Waals surface area contributed by atoms with Crippen molar-refractivity contribution in [2.45, 2.75) is 232 Å². The van der Waals surface area contributed by atoms with Gasteiger partial charge in [-0.3, -0.25) is 9.59 Å². The summed E-state index contributed by atoms with van der Waals surface area (Å²) in [5.41, 5.74) is 0. The van der Waals surface area contributed by atoms with Crippen LogP contribution in [0, 0.1) is 0 Å². The molecule has 0 bridgehead atoms. The summed E-state index contributed by atoms with van der Waals surface area (Å²) < 4.78 is 5.64. The quantitative estimate of drug-likeness (QED) is 0.0585. The smallest absolute Gasteiger partial charge is 0.306 e. The van der Waals surface area contributed by atoms with Crippen LogP contribution in [-0.2, 0) is 14.3 Å². The molecule has 42 heavy (non-hydrogen) atoms. The first-order chi connectivity index (χ1) is 20.6. The number of carbonyl (C=O) groups excluding carboxylic acids is 1. The topological polar surface area (TPSA) is 63.6 Å². The van der Waals surface area contributed by atoms with E-state index < -0.39 is 5.97 Å². The number of hydrogen-bond acceptors (Lipinski definition) is 3. The summed E-state index contributed by atoms with van der Waals surface area (Å²) in [5.74, 6) is -0.657. The van der Waals surface area contributed by atoms with Crippen molar-refractivity contribution in [1.82, 2.24) is 0 Å². The maximum absolute atomic E-state index is 12.1. The molecule has 250 valence electrons. The zero-order valence-electron chi connectivity index (χ0n) is 28.6. The second-order valence-electron chi connectivity index (χ2n) is 13.2. The number of hydrogen-bond donors (Lipinski definition) is 1. The van der Waals surface area contributed by atoms with E-state index in [1.165, 1.54) is 173 Å². The summed E-state index contributed by atoms with van der Waals surface area (Å²) in [7, 11) is 0. The lowest BCUT2D eigenvalue weighted by Crippen LogP contribution is -2.14. The molecule has 0 aliphatic carbocycles. The van der Waals surface area contributed by atoms with E-state index in [-0.39, 0.29) is 12.1 Å². The lowest BCUT2D eigenvalue weighted by atomic mass is 10.0. The van der Waals surface area contributed by atoms with E-state index in [1.807, 2.05) is 0 Å². The molecule has 0 saturated heterocycles. The second-order valence-corrected chi connectivity index (χ2v) is 13.2. The lowest BCUT2D eigenvalue weighted by Gasteiger charge is -2.13. The molecule has 0 aliphatic rings. The van der Waals surface area contributed by atoms with Gasteiger partial charge >= 0.3 is 11.9 Å². The first kappa shape index (κ1) is 40.9. The summed E-state index contributed by atoms with van der Waals surface area (Å²) in [5, 5.41) is 8.64. The third kappa shape index (κ3) is 35.1. The summed E-state index contributed by atoms with van der Waals surface area (Å²) in [4.78, 5) is 22.6. The summed E-state index contributed by atoms with van der Waals surface area (Å²) in [6.45, 7) is 4.34. The van der Waals surface area contributed by atoms with Crippen molar-refractivity contribution in [3.8, 4) is 0 Å². The van der Waals surface area contributed by atoms with E-state index >= 15 is 0 Å². The van der Waals surface area contributed by atoms with E-state index in [0.717, 1.165) is 25.7 Å². The van der Waals surface area contributed by atoms with Crippen LogP contribution in [-0.4, -0.2) is 23.1 Å². The molecule has 0 fully saturated rings. The van der Waals surface area contributed by atoms with Gasteiger partial charge in [-0.05, 0) is 32.6 Å². The zero-order chi connectivity index (χ0) is 30.8. The molecule has 1 atom stereocenters. The SMILES string of the molecule is CCCCCCCCCCCCCCCCCC(=O)OC(C)CCCCCCCCCCCCCCCCCC(=O)O. The molecular formula is C38H74O4. The number of carboxylic acid groups (broad SMARTS) is 1. The van der Waals surface area contributed by atoms with Crippen molar-refractivity contribution < 1.29 is 19.4 Å². The molecule has 0 amide bonds. The van der Waals surface area contributed by atoms with Crippen LogP contribution in [0.2, 0.25) is 0 Å². The zero-order valence-corrected chi connectivity index (χ0v) is 28.6. The molecule has 0 aromatic carbocycles. The molecule has 1 unspecified atom stereocenters. The molecule has 0 heterocycles. The molecule has 0 aromatic heterocycles. The number of ether oxygens (including phenoxy) is 1. The predicted octanol–water partition coefficient (Wildman–Crippen LogP) is 12.9. The van der Waals surface area contributed by atoms with E-state index in [9.17, 15) is 9.59 Å². The third-order valence-corrected chi connectivity index (χ3v) is 8.82. The number of aliphatic carboxylic acids is 1. The van der Waals surface area contributed by atoms with Crippen LogP contribution in [0.4, 0.5) is 0 Å². The monoisotopic (exact) mass is 595 g/mol. The molecule has 0 aromatic rings. The van der Waals surface area contributed by atoms with Crippen molar-refractivity contribution in [3.63, 3.8) is 0 Å². The van der Waals surface area contributed by atoms with Gasteiger partial charge in [-0.2, -0.15) is 0 Å². The minimum atomic E-state index is -0.664. The Labute approximate surface area is 262 Å². The van der Waals surface area contributed by atoms with Crippen LogP contribution >= 0.6 is 0 Å². The van der Waals surface area contributed by atoms with Gasteiger partial charge in [-0.25, -0.2) is 0 Å².